The van der Waals surface area contributed by atoms with Crippen LogP contribution >= 0.6 is 0 Å². The minimum Gasteiger partial charge on any atom is -0.444 e. The fraction of sp³-hybridized carbons (Fsp3) is 0.542. The second-order valence-corrected chi connectivity index (χ2v) is 10.1. The summed E-state index contributed by atoms with van der Waals surface area (Å²) in [6.45, 7) is 6.07. The number of hydrogen-bond donors (Lipinski definition) is 1. The van der Waals surface area contributed by atoms with Gasteiger partial charge in [-0.25, -0.2) is 18.0 Å². The Balaban J connectivity index is 1.71. The first-order valence-corrected chi connectivity index (χ1v) is 11.2. The Labute approximate surface area is 195 Å². The molecule has 10 heteroatoms. The highest BCUT2D eigenvalue weighted by Crippen LogP contribution is 2.42. The Morgan fingerprint density at radius 2 is 2.00 bits per heavy atom. The second kappa shape index (κ2) is 8.22. The van der Waals surface area contributed by atoms with Crippen molar-refractivity contribution in [3.63, 3.8) is 0 Å². The average Bonchev–Trinajstić information content (AvgIpc) is 3.51. The maximum Gasteiger partial charge on any atom is 0.407 e. The lowest BCUT2D eigenvalue weighted by Crippen LogP contribution is -2.43. The van der Waals surface area contributed by atoms with Crippen molar-refractivity contribution in [1.29, 1.82) is 5.26 Å². The van der Waals surface area contributed by atoms with E-state index in [0.29, 0.717) is 0 Å². The molecule has 1 aliphatic carbocycles. The van der Waals surface area contributed by atoms with Gasteiger partial charge in [0.05, 0.1) is 35.2 Å². The van der Waals surface area contributed by atoms with Crippen molar-refractivity contribution < 1.29 is 22.7 Å². The first kappa shape index (κ1) is 23.9. The fourth-order valence-electron chi connectivity index (χ4n) is 4.58. The van der Waals surface area contributed by atoms with E-state index in [2.05, 4.69) is 5.32 Å². The summed E-state index contributed by atoms with van der Waals surface area (Å²) in [6.07, 6.45) is 0.666. The molecule has 1 amide bonds. The SMILES string of the molecule is Cc1c(N2CCC(F)(CNC(=O)OC(C)(C)C)C2)c(F)c(F)c2c(C#N)cc(=O)n(C3CC3)c12. The lowest BCUT2D eigenvalue weighted by Gasteiger charge is -2.26. The normalized spacial score (nSPS) is 20.5. The fourth-order valence-corrected chi connectivity index (χ4v) is 4.58. The van der Waals surface area contributed by atoms with Crippen molar-refractivity contribution in [1.82, 2.24) is 9.88 Å². The van der Waals surface area contributed by atoms with Crippen molar-refractivity contribution >= 4 is 22.7 Å². The van der Waals surface area contributed by atoms with E-state index in [0.717, 1.165) is 18.9 Å². The van der Waals surface area contributed by atoms with Crippen molar-refractivity contribution in [3.05, 3.63) is 39.2 Å². The van der Waals surface area contributed by atoms with E-state index < -0.39 is 34.6 Å². The first-order chi connectivity index (χ1) is 15.8. The molecule has 0 radical (unpaired) electrons. The number of benzene rings is 1. The molecular formula is C24H27F3N4O3. The summed E-state index contributed by atoms with van der Waals surface area (Å²) in [6, 6.07) is 2.68. The van der Waals surface area contributed by atoms with Gasteiger partial charge < -0.3 is 19.5 Å². The number of amides is 1. The van der Waals surface area contributed by atoms with Crippen LogP contribution in [0, 0.1) is 29.9 Å². The second-order valence-electron chi connectivity index (χ2n) is 10.1. The Hall–Kier alpha value is -3.22. The van der Waals surface area contributed by atoms with Crippen LogP contribution in [-0.2, 0) is 4.74 Å². The van der Waals surface area contributed by atoms with Crippen molar-refractivity contribution in [2.45, 2.75) is 64.3 Å². The van der Waals surface area contributed by atoms with Crippen molar-refractivity contribution in [3.8, 4) is 6.07 Å². The lowest BCUT2D eigenvalue weighted by atomic mass is 10.0. The maximum absolute atomic E-state index is 15.5. The molecule has 1 aromatic heterocycles. The quantitative estimate of drug-likeness (QED) is 0.713. The van der Waals surface area contributed by atoms with Crippen LogP contribution in [0.15, 0.2) is 10.9 Å². The first-order valence-electron chi connectivity index (χ1n) is 11.2. The predicted molar refractivity (Wildman–Crippen MR) is 121 cm³/mol. The number of alkyl carbamates (subject to hydrolysis) is 1. The standard InChI is InChI=1S/C24H27F3N4O3/c1-13-20-17(14(10-28)9-16(32)31(20)15-5-6-15)18(25)19(26)21(13)30-8-7-24(27,12-30)11-29-22(33)34-23(2,3)4/h9,15H,5-8,11-12H2,1-4H3,(H,29,33). The number of pyridine rings is 1. The zero-order chi connectivity index (χ0) is 25.0. The Morgan fingerprint density at radius 3 is 2.59 bits per heavy atom. The molecule has 1 saturated carbocycles. The molecule has 182 valence electrons. The smallest absolute Gasteiger partial charge is 0.407 e. The Morgan fingerprint density at radius 1 is 1.32 bits per heavy atom. The summed E-state index contributed by atoms with van der Waals surface area (Å²) in [5, 5.41) is 11.6. The molecule has 2 heterocycles. The molecular weight excluding hydrogens is 449 g/mol. The summed E-state index contributed by atoms with van der Waals surface area (Å²) in [5.74, 6) is -2.42. The van der Waals surface area contributed by atoms with E-state index in [4.69, 9.17) is 4.74 Å². The highest BCUT2D eigenvalue weighted by Gasteiger charge is 2.41. The lowest BCUT2D eigenvalue weighted by molar-refractivity contribution is 0.0486. The molecule has 1 unspecified atom stereocenters. The number of anilines is 1. The third-order valence-corrected chi connectivity index (χ3v) is 6.18. The number of alkyl halides is 1. The molecule has 1 saturated heterocycles. The predicted octanol–water partition coefficient (Wildman–Crippen LogP) is 4.24. The van der Waals surface area contributed by atoms with Crippen LogP contribution in [0.5, 0.6) is 0 Å². The van der Waals surface area contributed by atoms with Crippen molar-refractivity contribution in [2.24, 2.45) is 0 Å². The van der Waals surface area contributed by atoms with Gasteiger partial charge in [-0.3, -0.25) is 4.79 Å². The van der Waals surface area contributed by atoms with Crippen LogP contribution in [-0.4, -0.2) is 41.6 Å². The Kier molecular flexibility index (Phi) is 5.78. The van der Waals surface area contributed by atoms with Gasteiger partial charge in [0.2, 0.25) is 0 Å². The molecule has 2 fully saturated rings. The van der Waals surface area contributed by atoms with Crippen LogP contribution in [0.4, 0.5) is 23.7 Å². The third-order valence-electron chi connectivity index (χ3n) is 6.18. The van der Waals surface area contributed by atoms with Gasteiger partial charge in [-0.05, 0) is 40.5 Å². The minimum atomic E-state index is -1.88. The highest BCUT2D eigenvalue weighted by molar-refractivity contribution is 5.92. The number of nitrogens with zero attached hydrogens (tertiary/aromatic N) is 3. The molecule has 34 heavy (non-hydrogen) atoms. The summed E-state index contributed by atoms with van der Waals surface area (Å²) in [5.41, 5.74) is -2.99. The number of hydrogen-bond acceptors (Lipinski definition) is 5. The molecule has 1 atom stereocenters. The number of fused-ring (bicyclic) bond motifs is 1. The molecule has 1 aromatic carbocycles. The van der Waals surface area contributed by atoms with E-state index in [1.165, 1.54) is 9.47 Å². The number of nitrogens with one attached hydrogen (secondary N) is 1. The van der Waals surface area contributed by atoms with Crippen LogP contribution in [0.25, 0.3) is 10.9 Å². The number of rotatable bonds is 4. The molecule has 2 aromatic rings. The number of aromatic nitrogens is 1. The molecule has 1 N–H and O–H groups in total. The van der Waals surface area contributed by atoms with Gasteiger partial charge in [0, 0.05) is 30.6 Å². The van der Waals surface area contributed by atoms with Crippen LogP contribution in [0.3, 0.4) is 0 Å². The van der Waals surface area contributed by atoms with Gasteiger partial charge in [-0.2, -0.15) is 5.26 Å². The number of nitriles is 1. The van der Waals surface area contributed by atoms with Gasteiger partial charge in [0.1, 0.15) is 17.3 Å². The average molecular weight is 476 g/mol. The van der Waals surface area contributed by atoms with E-state index >= 15 is 13.2 Å². The summed E-state index contributed by atoms with van der Waals surface area (Å²) in [7, 11) is 0. The molecule has 2 aliphatic rings. The monoisotopic (exact) mass is 476 g/mol. The minimum absolute atomic E-state index is 0.0188. The van der Waals surface area contributed by atoms with Gasteiger partial charge >= 0.3 is 6.09 Å². The zero-order valence-corrected chi connectivity index (χ0v) is 19.6. The number of ether oxygens (including phenoxy) is 1. The van der Waals surface area contributed by atoms with Crippen LogP contribution < -0.4 is 15.8 Å². The summed E-state index contributed by atoms with van der Waals surface area (Å²) in [4.78, 5) is 26.0. The van der Waals surface area contributed by atoms with E-state index in [9.17, 15) is 14.9 Å². The molecule has 4 rings (SSSR count). The topological polar surface area (TPSA) is 87.4 Å². The van der Waals surface area contributed by atoms with Crippen LogP contribution in [0.1, 0.15) is 57.2 Å². The van der Waals surface area contributed by atoms with Gasteiger partial charge in [-0.15, -0.1) is 0 Å². The number of aryl methyl sites for hydroxylation is 1. The third kappa shape index (κ3) is 4.31. The number of carbonyl (C=O) groups is 1. The molecule has 0 bridgehead atoms. The van der Waals surface area contributed by atoms with Gasteiger partial charge in [0.25, 0.3) is 5.56 Å². The maximum atomic E-state index is 15.5. The van der Waals surface area contributed by atoms with Crippen molar-refractivity contribution in [2.75, 3.05) is 24.5 Å². The van der Waals surface area contributed by atoms with Crippen LogP contribution in [0.2, 0.25) is 0 Å². The molecule has 7 nitrogen and oxygen atoms in total. The van der Waals surface area contributed by atoms with E-state index in [-0.39, 0.29) is 59.8 Å². The van der Waals surface area contributed by atoms with Gasteiger partial charge in [0.15, 0.2) is 11.6 Å². The summed E-state index contributed by atoms with van der Waals surface area (Å²) < 4.78 is 52.7. The number of halogens is 3. The van der Waals surface area contributed by atoms with Gasteiger partial charge in [-0.1, -0.05) is 0 Å². The largest absolute Gasteiger partial charge is 0.444 e. The Bertz CT molecular complexity index is 1270. The zero-order valence-electron chi connectivity index (χ0n) is 19.6. The summed E-state index contributed by atoms with van der Waals surface area (Å²) >= 11 is 0. The molecule has 0 spiro atoms. The highest BCUT2D eigenvalue weighted by atomic mass is 19.2. The van der Waals surface area contributed by atoms with E-state index in [1.54, 1.807) is 33.8 Å². The number of carbonyl (C=O) groups excluding carboxylic acids is 1. The molecule has 1 aliphatic heterocycles. The van der Waals surface area contributed by atoms with E-state index in [1.807, 2.05) is 0 Å².